The molecule has 1 saturated heterocycles. The van der Waals surface area contributed by atoms with E-state index in [0.717, 1.165) is 4.90 Å². The van der Waals surface area contributed by atoms with Crippen LogP contribution in [0.4, 0.5) is 4.79 Å². The van der Waals surface area contributed by atoms with Gasteiger partial charge in [-0.2, -0.15) is 0 Å². The number of amides is 2. The molecule has 0 saturated carbocycles. The maximum Gasteiger partial charge on any atom is 0.408 e. The molecule has 7 heteroatoms. The first-order valence-electron chi connectivity index (χ1n) is 3.81. The highest BCUT2D eigenvalue weighted by Crippen LogP contribution is 2.03. The molecule has 0 bridgehead atoms. The maximum atomic E-state index is 11.0. The van der Waals surface area contributed by atoms with E-state index in [-0.39, 0.29) is 13.1 Å². The number of hydrogen-bond donors (Lipinski definition) is 4. The Balaban J connectivity index is 2.67. The van der Waals surface area contributed by atoms with Crippen LogP contribution in [0.1, 0.15) is 0 Å². The van der Waals surface area contributed by atoms with Crippen LogP contribution in [0.15, 0.2) is 0 Å². The molecule has 1 aliphatic heterocycles. The minimum atomic E-state index is -1.16. The molecule has 4 N–H and O–H groups in total. The summed E-state index contributed by atoms with van der Waals surface area (Å²) in [5, 5.41) is 19.9. The van der Waals surface area contributed by atoms with Crippen LogP contribution in [0.2, 0.25) is 0 Å². The number of carboxylic acid groups (broad SMARTS) is 1. The maximum absolute atomic E-state index is 11.0. The molecule has 1 aliphatic rings. The van der Waals surface area contributed by atoms with Crippen molar-refractivity contribution in [2.75, 3.05) is 19.6 Å². The second-order valence-electron chi connectivity index (χ2n) is 2.67. The molecule has 7 nitrogen and oxygen atoms in total. The number of nitrogens with zero attached hydrogens (tertiary/aromatic N) is 1. The number of piperazine rings is 1. The van der Waals surface area contributed by atoms with Crippen molar-refractivity contribution in [2.45, 2.75) is 6.04 Å². The summed E-state index contributed by atoms with van der Waals surface area (Å²) in [7, 11) is 0. The fourth-order valence-electron chi connectivity index (χ4n) is 1.24. The highest BCUT2D eigenvalue weighted by molar-refractivity contribution is 5.84. The van der Waals surface area contributed by atoms with Crippen molar-refractivity contribution in [3.63, 3.8) is 0 Å². The smallest absolute Gasteiger partial charge is 0.408 e. The van der Waals surface area contributed by atoms with Crippen LogP contribution in [0, 0.1) is 0 Å². The van der Waals surface area contributed by atoms with E-state index in [9.17, 15) is 9.59 Å². The molecule has 0 aromatic rings. The fourth-order valence-corrected chi connectivity index (χ4v) is 1.24. The van der Waals surface area contributed by atoms with Gasteiger partial charge in [0.2, 0.25) is 0 Å². The van der Waals surface area contributed by atoms with Crippen LogP contribution >= 0.6 is 0 Å². The fraction of sp³-hybridized carbons (Fsp3) is 0.667. The van der Waals surface area contributed by atoms with E-state index in [1.807, 2.05) is 0 Å². The Hall–Kier alpha value is -1.34. The Morgan fingerprint density at radius 2 is 2.23 bits per heavy atom. The standard InChI is InChI=1S/C6H11N3O4/c10-5(8-13)4-3-7-1-2-9(4)6(11)12/h4,7,13H,1-3H2,(H,8,10)(H,11,12). The number of carbonyl (C=O) groups is 2. The molecule has 0 spiro atoms. The topological polar surface area (TPSA) is 102 Å². The minimum absolute atomic E-state index is 0.221. The van der Waals surface area contributed by atoms with Crippen molar-refractivity contribution >= 4 is 12.0 Å². The van der Waals surface area contributed by atoms with Crippen LogP contribution in [0.25, 0.3) is 0 Å². The van der Waals surface area contributed by atoms with Gasteiger partial charge in [-0.05, 0) is 0 Å². The third-order valence-corrected chi connectivity index (χ3v) is 1.90. The highest BCUT2D eigenvalue weighted by atomic mass is 16.5. The monoisotopic (exact) mass is 189 g/mol. The van der Waals surface area contributed by atoms with Crippen molar-refractivity contribution in [2.24, 2.45) is 0 Å². The lowest BCUT2D eigenvalue weighted by atomic mass is 10.2. The van der Waals surface area contributed by atoms with Crippen molar-refractivity contribution in [1.29, 1.82) is 0 Å². The molecule has 0 aromatic heterocycles. The van der Waals surface area contributed by atoms with Gasteiger partial charge in [-0.25, -0.2) is 10.3 Å². The molecule has 0 aliphatic carbocycles. The van der Waals surface area contributed by atoms with Gasteiger partial charge in [-0.1, -0.05) is 0 Å². The summed E-state index contributed by atoms with van der Waals surface area (Å²) in [6, 6.07) is -0.851. The zero-order valence-electron chi connectivity index (χ0n) is 6.86. The van der Waals surface area contributed by atoms with Gasteiger partial charge in [0.25, 0.3) is 5.91 Å². The molecule has 2 amide bonds. The van der Waals surface area contributed by atoms with Gasteiger partial charge in [0.15, 0.2) is 0 Å². The van der Waals surface area contributed by atoms with E-state index in [2.05, 4.69) is 5.32 Å². The summed E-state index contributed by atoms with van der Waals surface area (Å²) < 4.78 is 0. The highest BCUT2D eigenvalue weighted by Gasteiger charge is 2.31. The van der Waals surface area contributed by atoms with Gasteiger partial charge in [-0.15, -0.1) is 0 Å². The van der Waals surface area contributed by atoms with E-state index < -0.39 is 18.0 Å². The van der Waals surface area contributed by atoms with Gasteiger partial charge >= 0.3 is 6.09 Å². The normalized spacial score (nSPS) is 22.5. The number of carbonyl (C=O) groups excluding carboxylic acids is 1. The van der Waals surface area contributed by atoms with Gasteiger partial charge in [0.05, 0.1) is 0 Å². The zero-order valence-corrected chi connectivity index (χ0v) is 6.86. The molecule has 74 valence electrons. The molecular weight excluding hydrogens is 178 g/mol. The second kappa shape index (κ2) is 4.06. The molecule has 1 atom stereocenters. The first-order chi connectivity index (χ1) is 6.16. The third kappa shape index (κ3) is 2.07. The van der Waals surface area contributed by atoms with Crippen molar-refractivity contribution in [3.05, 3.63) is 0 Å². The Bertz CT molecular complexity index is 220. The predicted octanol–water partition coefficient (Wildman–Crippen LogP) is -1.56. The summed E-state index contributed by atoms with van der Waals surface area (Å²) in [5.74, 6) is -0.713. The van der Waals surface area contributed by atoms with Crippen LogP contribution in [0.3, 0.4) is 0 Å². The lowest BCUT2D eigenvalue weighted by Gasteiger charge is -2.32. The lowest BCUT2D eigenvalue weighted by molar-refractivity contribution is -0.134. The quantitative estimate of drug-likeness (QED) is 0.295. The number of hydroxylamine groups is 1. The zero-order chi connectivity index (χ0) is 9.84. The summed E-state index contributed by atoms with van der Waals surface area (Å²) in [4.78, 5) is 22.6. The number of nitrogens with one attached hydrogen (secondary N) is 2. The van der Waals surface area contributed by atoms with Crippen LogP contribution < -0.4 is 10.8 Å². The Kier molecular flexibility index (Phi) is 3.04. The summed E-state index contributed by atoms with van der Waals surface area (Å²) in [6.07, 6.45) is -1.16. The van der Waals surface area contributed by atoms with Crippen molar-refractivity contribution < 1.29 is 19.9 Å². The molecule has 1 rings (SSSR count). The van der Waals surface area contributed by atoms with Gasteiger partial charge < -0.3 is 10.4 Å². The Labute approximate surface area is 74.3 Å². The molecule has 0 aromatic carbocycles. The van der Waals surface area contributed by atoms with Gasteiger partial charge in [-0.3, -0.25) is 14.9 Å². The van der Waals surface area contributed by atoms with Crippen molar-refractivity contribution in [1.82, 2.24) is 15.7 Å². The third-order valence-electron chi connectivity index (χ3n) is 1.90. The van der Waals surface area contributed by atoms with Crippen LogP contribution in [0.5, 0.6) is 0 Å². The van der Waals surface area contributed by atoms with Gasteiger partial charge in [0, 0.05) is 19.6 Å². The average Bonchev–Trinajstić information content (AvgIpc) is 2.16. The van der Waals surface area contributed by atoms with Crippen molar-refractivity contribution in [3.8, 4) is 0 Å². The van der Waals surface area contributed by atoms with E-state index >= 15 is 0 Å². The summed E-state index contributed by atoms with van der Waals surface area (Å²) in [6.45, 7) is 0.980. The lowest BCUT2D eigenvalue weighted by Crippen LogP contribution is -2.58. The van der Waals surface area contributed by atoms with E-state index in [0.29, 0.717) is 6.54 Å². The average molecular weight is 189 g/mol. The van der Waals surface area contributed by atoms with Crippen LogP contribution in [-0.4, -0.2) is 52.9 Å². The van der Waals surface area contributed by atoms with Crippen LogP contribution in [-0.2, 0) is 4.79 Å². The largest absolute Gasteiger partial charge is 0.465 e. The first-order valence-corrected chi connectivity index (χ1v) is 3.81. The molecule has 13 heavy (non-hydrogen) atoms. The number of hydrogen-bond acceptors (Lipinski definition) is 4. The second-order valence-corrected chi connectivity index (χ2v) is 2.67. The Morgan fingerprint density at radius 1 is 1.54 bits per heavy atom. The Morgan fingerprint density at radius 3 is 2.77 bits per heavy atom. The molecular formula is C6H11N3O4. The van der Waals surface area contributed by atoms with E-state index in [1.165, 1.54) is 5.48 Å². The molecule has 0 radical (unpaired) electrons. The molecule has 1 heterocycles. The SMILES string of the molecule is O=C(NO)C1CNCCN1C(=O)O. The molecule has 1 unspecified atom stereocenters. The number of rotatable bonds is 1. The predicted molar refractivity (Wildman–Crippen MR) is 41.3 cm³/mol. The summed E-state index contributed by atoms with van der Waals surface area (Å²) >= 11 is 0. The molecule has 1 fully saturated rings. The van der Waals surface area contributed by atoms with E-state index in [1.54, 1.807) is 0 Å². The summed E-state index contributed by atoms with van der Waals surface area (Å²) in [5.41, 5.74) is 1.44. The minimum Gasteiger partial charge on any atom is -0.465 e. The van der Waals surface area contributed by atoms with E-state index in [4.69, 9.17) is 10.3 Å². The van der Waals surface area contributed by atoms with Gasteiger partial charge in [0.1, 0.15) is 6.04 Å². The first kappa shape index (κ1) is 9.75.